The van der Waals surface area contributed by atoms with Crippen LogP contribution >= 0.6 is 46.4 Å². The third-order valence-corrected chi connectivity index (χ3v) is 5.39. The van der Waals surface area contributed by atoms with Gasteiger partial charge in [0.15, 0.2) is 0 Å². The summed E-state index contributed by atoms with van der Waals surface area (Å²) in [6.45, 7) is 0. The number of non-ortho nitro benzene ring substituents is 1. The minimum absolute atomic E-state index is 0.0640. The molecule has 156 valence electrons. The molecule has 1 heterocycles. The lowest BCUT2D eigenvalue weighted by Gasteiger charge is -2.08. The van der Waals surface area contributed by atoms with Gasteiger partial charge < -0.3 is 9.73 Å². The van der Waals surface area contributed by atoms with Gasteiger partial charge in [0.25, 0.3) is 11.6 Å². The van der Waals surface area contributed by atoms with E-state index in [1.54, 1.807) is 36.4 Å². The number of hydrogen-bond acceptors (Lipinski definition) is 5. The van der Waals surface area contributed by atoms with E-state index >= 15 is 0 Å². The van der Waals surface area contributed by atoms with E-state index in [2.05, 4.69) is 5.32 Å². The van der Waals surface area contributed by atoms with E-state index in [1.807, 2.05) is 0 Å². The summed E-state index contributed by atoms with van der Waals surface area (Å²) in [7, 11) is 0. The molecule has 2 aromatic carbocycles. The molecule has 0 aliphatic rings. The number of anilines is 1. The number of rotatable bonds is 5. The van der Waals surface area contributed by atoms with Crippen molar-refractivity contribution in [3.05, 3.63) is 84.0 Å². The summed E-state index contributed by atoms with van der Waals surface area (Å²) in [6, 6.07) is 12.0. The average molecular weight is 497 g/mol. The van der Waals surface area contributed by atoms with Crippen molar-refractivity contribution in [3.63, 3.8) is 0 Å². The first-order chi connectivity index (χ1) is 14.7. The van der Waals surface area contributed by atoms with Gasteiger partial charge in [0.1, 0.15) is 23.2 Å². The van der Waals surface area contributed by atoms with Crippen LogP contribution in [0.15, 0.2) is 52.5 Å². The second-order valence-corrected chi connectivity index (χ2v) is 7.57. The van der Waals surface area contributed by atoms with Crippen LogP contribution in [0.2, 0.25) is 20.1 Å². The molecular formula is C20H9Cl4N3O4. The Kier molecular flexibility index (Phi) is 6.88. The van der Waals surface area contributed by atoms with E-state index in [0.717, 1.165) is 12.1 Å². The second-order valence-electron chi connectivity index (χ2n) is 5.97. The van der Waals surface area contributed by atoms with Crippen LogP contribution in [-0.4, -0.2) is 10.8 Å². The van der Waals surface area contributed by atoms with Crippen LogP contribution in [-0.2, 0) is 4.79 Å². The molecule has 0 bridgehead atoms. The number of nitrogens with zero attached hydrogens (tertiary/aromatic N) is 2. The number of carbonyl (C=O) groups excluding carboxylic acids is 1. The molecule has 0 aliphatic heterocycles. The van der Waals surface area contributed by atoms with Gasteiger partial charge in [-0.25, -0.2) is 0 Å². The number of benzene rings is 2. The summed E-state index contributed by atoms with van der Waals surface area (Å²) in [5.41, 5.74) is -0.178. The van der Waals surface area contributed by atoms with Gasteiger partial charge in [0.05, 0.1) is 30.7 Å². The van der Waals surface area contributed by atoms with Crippen LogP contribution in [0, 0.1) is 21.4 Å². The van der Waals surface area contributed by atoms with Crippen molar-refractivity contribution >= 4 is 69.8 Å². The maximum atomic E-state index is 12.5. The van der Waals surface area contributed by atoms with E-state index in [-0.39, 0.29) is 32.8 Å². The zero-order valence-corrected chi connectivity index (χ0v) is 18.2. The lowest BCUT2D eigenvalue weighted by molar-refractivity contribution is -0.384. The van der Waals surface area contributed by atoms with E-state index in [9.17, 15) is 20.2 Å². The molecule has 1 N–H and O–H groups in total. The number of nitrogens with one attached hydrogen (secondary N) is 1. The predicted molar refractivity (Wildman–Crippen MR) is 120 cm³/mol. The summed E-state index contributed by atoms with van der Waals surface area (Å²) < 4.78 is 5.65. The Morgan fingerprint density at radius 1 is 1.10 bits per heavy atom. The van der Waals surface area contributed by atoms with Gasteiger partial charge in [-0.1, -0.05) is 52.5 Å². The van der Waals surface area contributed by atoms with E-state index in [1.165, 1.54) is 6.08 Å². The van der Waals surface area contributed by atoms with Gasteiger partial charge in [0.2, 0.25) is 0 Å². The fourth-order valence-electron chi connectivity index (χ4n) is 2.53. The molecule has 0 fully saturated rings. The number of carbonyl (C=O) groups is 1. The lowest BCUT2D eigenvalue weighted by Crippen LogP contribution is -2.14. The topological polar surface area (TPSA) is 109 Å². The van der Waals surface area contributed by atoms with Gasteiger partial charge in [0, 0.05) is 23.8 Å². The fraction of sp³-hybridized carbons (Fsp3) is 0. The highest BCUT2D eigenvalue weighted by Gasteiger charge is 2.19. The van der Waals surface area contributed by atoms with Gasteiger partial charge in [-0.2, -0.15) is 5.26 Å². The summed E-state index contributed by atoms with van der Waals surface area (Å²) in [5.74, 6) is -0.240. The van der Waals surface area contributed by atoms with Crippen LogP contribution in [0.25, 0.3) is 17.4 Å². The van der Waals surface area contributed by atoms with Crippen molar-refractivity contribution in [3.8, 4) is 17.4 Å². The van der Waals surface area contributed by atoms with Crippen LogP contribution in [0.1, 0.15) is 5.76 Å². The molecule has 0 aliphatic carbocycles. The molecular weight excluding hydrogens is 488 g/mol. The Bertz CT molecular complexity index is 1250. The van der Waals surface area contributed by atoms with Crippen molar-refractivity contribution in [1.29, 1.82) is 5.26 Å². The van der Waals surface area contributed by atoms with Crippen molar-refractivity contribution < 1.29 is 14.1 Å². The third kappa shape index (κ3) is 5.01. The monoisotopic (exact) mass is 495 g/mol. The molecule has 1 aromatic heterocycles. The molecule has 3 rings (SSSR count). The minimum Gasteiger partial charge on any atom is -0.457 e. The SMILES string of the molecule is N#C/C(=C\c1ccc(-c2cccc(Cl)c2Cl)o1)C(=O)Nc1c(Cl)cc([N+](=O)[O-])cc1Cl. The third-order valence-electron chi connectivity index (χ3n) is 3.97. The van der Waals surface area contributed by atoms with Crippen molar-refractivity contribution in [2.45, 2.75) is 0 Å². The number of halogens is 4. The van der Waals surface area contributed by atoms with Crippen LogP contribution in [0.4, 0.5) is 11.4 Å². The quantitative estimate of drug-likeness (QED) is 0.177. The molecule has 3 aromatic rings. The summed E-state index contributed by atoms with van der Waals surface area (Å²) >= 11 is 24.2. The Hall–Kier alpha value is -3.02. The molecule has 7 nitrogen and oxygen atoms in total. The highest BCUT2D eigenvalue weighted by molar-refractivity contribution is 6.43. The maximum absolute atomic E-state index is 12.5. The van der Waals surface area contributed by atoms with Crippen LogP contribution < -0.4 is 5.32 Å². The van der Waals surface area contributed by atoms with Crippen LogP contribution in [0.3, 0.4) is 0 Å². The second kappa shape index (κ2) is 9.41. The number of hydrogen-bond donors (Lipinski definition) is 1. The normalized spacial score (nSPS) is 11.1. The zero-order valence-electron chi connectivity index (χ0n) is 15.2. The van der Waals surface area contributed by atoms with Crippen molar-refractivity contribution in [2.24, 2.45) is 0 Å². The standard InChI is InChI=1S/C20H9Cl4N3O4/c21-14-3-1-2-13(18(14)24)17-5-4-12(31-17)6-10(9-25)20(28)26-19-15(22)7-11(27(29)30)8-16(19)23/h1-8H,(H,26,28)/b10-6+. The molecule has 1 amide bonds. The van der Waals surface area contributed by atoms with Gasteiger partial charge in [-0.3, -0.25) is 14.9 Å². The number of nitriles is 1. The highest BCUT2D eigenvalue weighted by atomic mass is 35.5. The Labute approximate surface area is 195 Å². The Balaban J connectivity index is 1.87. The Morgan fingerprint density at radius 3 is 2.39 bits per heavy atom. The first kappa shape index (κ1) is 22.7. The van der Waals surface area contributed by atoms with Gasteiger partial charge in [-0.05, 0) is 24.3 Å². The van der Waals surface area contributed by atoms with Crippen molar-refractivity contribution in [1.82, 2.24) is 0 Å². The summed E-state index contributed by atoms with van der Waals surface area (Å²) in [6.07, 6.45) is 1.21. The van der Waals surface area contributed by atoms with Crippen molar-refractivity contribution in [2.75, 3.05) is 5.32 Å². The molecule has 0 unspecified atom stereocenters. The largest absolute Gasteiger partial charge is 0.457 e. The number of nitro groups is 1. The van der Waals surface area contributed by atoms with E-state index in [0.29, 0.717) is 21.4 Å². The number of furan rings is 1. The highest BCUT2D eigenvalue weighted by Crippen LogP contribution is 2.36. The summed E-state index contributed by atoms with van der Waals surface area (Å²) in [4.78, 5) is 22.7. The van der Waals surface area contributed by atoms with E-state index in [4.69, 9.17) is 50.8 Å². The molecule has 0 atom stereocenters. The van der Waals surface area contributed by atoms with Gasteiger partial charge in [-0.15, -0.1) is 0 Å². The first-order valence-electron chi connectivity index (χ1n) is 8.32. The predicted octanol–water partition coefficient (Wildman–Crippen LogP) is 7.01. The lowest BCUT2D eigenvalue weighted by atomic mass is 10.2. The Morgan fingerprint density at radius 2 is 1.77 bits per heavy atom. The van der Waals surface area contributed by atoms with E-state index < -0.39 is 10.8 Å². The molecule has 0 radical (unpaired) electrons. The fourth-order valence-corrected chi connectivity index (χ4v) is 3.49. The van der Waals surface area contributed by atoms with Gasteiger partial charge >= 0.3 is 0 Å². The molecule has 31 heavy (non-hydrogen) atoms. The molecule has 0 saturated heterocycles. The zero-order chi connectivity index (χ0) is 22.7. The maximum Gasteiger partial charge on any atom is 0.272 e. The minimum atomic E-state index is -0.834. The first-order valence-corrected chi connectivity index (χ1v) is 9.83. The number of amides is 1. The molecule has 0 spiro atoms. The summed E-state index contributed by atoms with van der Waals surface area (Å²) in [5, 5.41) is 23.0. The molecule has 11 heteroatoms. The average Bonchev–Trinajstić information content (AvgIpc) is 3.18. The molecule has 0 saturated carbocycles. The number of nitro benzene ring substituents is 1. The van der Waals surface area contributed by atoms with Crippen LogP contribution in [0.5, 0.6) is 0 Å². The smallest absolute Gasteiger partial charge is 0.272 e.